The van der Waals surface area contributed by atoms with Gasteiger partial charge in [-0.25, -0.2) is 4.79 Å². The van der Waals surface area contributed by atoms with Crippen LogP contribution in [0.2, 0.25) is 0 Å². The van der Waals surface area contributed by atoms with E-state index in [4.69, 9.17) is 9.15 Å². The Morgan fingerprint density at radius 2 is 2.17 bits per heavy atom. The van der Waals surface area contributed by atoms with Gasteiger partial charge >= 0.3 is 6.03 Å². The smallest absolute Gasteiger partial charge is 0.315 e. The highest BCUT2D eigenvalue weighted by atomic mass is 16.5. The first-order valence-corrected chi connectivity index (χ1v) is 8.50. The van der Waals surface area contributed by atoms with E-state index in [2.05, 4.69) is 10.6 Å². The van der Waals surface area contributed by atoms with E-state index in [1.54, 1.807) is 0 Å². The lowest BCUT2D eigenvalue weighted by atomic mass is 9.93. The summed E-state index contributed by atoms with van der Waals surface area (Å²) in [5.74, 6) is 0.974. The molecule has 2 aromatic rings. The van der Waals surface area contributed by atoms with Crippen LogP contribution >= 0.6 is 0 Å². The maximum absolute atomic E-state index is 11.8. The first-order valence-electron chi connectivity index (χ1n) is 8.50. The summed E-state index contributed by atoms with van der Waals surface area (Å²) in [5.41, 5.74) is 3.30. The van der Waals surface area contributed by atoms with Crippen molar-refractivity contribution in [3.8, 4) is 5.75 Å². The molecule has 2 N–H and O–H groups in total. The van der Waals surface area contributed by atoms with Crippen LogP contribution in [-0.4, -0.2) is 25.2 Å². The monoisotopic (exact) mass is 314 g/mol. The fourth-order valence-electron chi connectivity index (χ4n) is 3.35. The molecule has 1 aliphatic heterocycles. The van der Waals surface area contributed by atoms with Gasteiger partial charge in [-0.05, 0) is 50.7 Å². The molecule has 1 fully saturated rings. The number of nitrogens with one attached hydrogen (secondary N) is 2. The molecule has 122 valence electrons. The van der Waals surface area contributed by atoms with E-state index >= 15 is 0 Å². The third-order valence-electron chi connectivity index (χ3n) is 4.83. The van der Waals surface area contributed by atoms with Gasteiger partial charge in [-0.2, -0.15) is 0 Å². The largest absolute Gasteiger partial charge is 0.493 e. The van der Waals surface area contributed by atoms with Crippen molar-refractivity contribution >= 4 is 17.0 Å². The van der Waals surface area contributed by atoms with Crippen LogP contribution in [0.5, 0.6) is 5.75 Å². The highest BCUT2D eigenvalue weighted by Crippen LogP contribution is 2.35. The van der Waals surface area contributed by atoms with Gasteiger partial charge in [0.15, 0.2) is 0 Å². The standard InChI is InChI=1S/C18H22N2O3/c21-18(20-13-3-1-4-13)19-9-8-12-11-23-16-7-6-15-14(17(12)16)5-2-10-22-15/h6-7,11,13H,1-5,8-10H2,(H2,19,20,21). The number of ether oxygens (including phenoxy) is 1. The fourth-order valence-corrected chi connectivity index (χ4v) is 3.35. The van der Waals surface area contributed by atoms with E-state index < -0.39 is 0 Å². The van der Waals surface area contributed by atoms with Gasteiger partial charge in [0.2, 0.25) is 0 Å². The normalized spacial score (nSPS) is 17.2. The Morgan fingerprint density at radius 1 is 1.26 bits per heavy atom. The zero-order chi connectivity index (χ0) is 15.6. The number of fused-ring (bicyclic) bond motifs is 3. The minimum absolute atomic E-state index is 0.0622. The van der Waals surface area contributed by atoms with Crippen molar-refractivity contribution in [2.24, 2.45) is 0 Å². The Morgan fingerprint density at radius 3 is 3.00 bits per heavy atom. The molecular weight excluding hydrogens is 292 g/mol. The van der Waals surface area contributed by atoms with Crippen LogP contribution in [0.15, 0.2) is 22.8 Å². The molecule has 0 saturated heterocycles. The van der Waals surface area contributed by atoms with Gasteiger partial charge in [-0.15, -0.1) is 0 Å². The molecule has 0 bridgehead atoms. The predicted molar refractivity (Wildman–Crippen MR) is 87.9 cm³/mol. The number of hydrogen-bond donors (Lipinski definition) is 2. The Bertz CT molecular complexity index is 718. The Kier molecular flexibility index (Phi) is 3.85. The quantitative estimate of drug-likeness (QED) is 0.911. The van der Waals surface area contributed by atoms with Crippen molar-refractivity contribution < 1.29 is 13.9 Å². The summed E-state index contributed by atoms with van der Waals surface area (Å²) in [4.78, 5) is 11.8. The minimum atomic E-state index is -0.0622. The summed E-state index contributed by atoms with van der Waals surface area (Å²) in [7, 11) is 0. The van der Waals surface area contributed by atoms with E-state index in [-0.39, 0.29) is 6.03 Å². The average Bonchev–Trinajstić information content (AvgIpc) is 2.95. The summed E-state index contributed by atoms with van der Waals surface area (Å²) in [6, 6.07) is 4.27. The lowest BCUT2D eigenvalue weighted by Gasteiger charge is -2.26. The van der Waals surface area contributed by atoms with Crippen LogP contribution in [0.4, 0.5) is 4.79 Å². The molecule has 0 radical (unpaired) electrons. The summed E-state index contributed by atoms with van der Waals surface area (Å²) in [5, 5.41) is 7.10. The lowest BCUT2D eigenvalue weighted by Crippen LogP contribution is -2.45. The van der Waals surface area contributed by atoms with E-state index in [9.17, 15) is 4.79 Å². The molecule has 1 aromatic carbocycles. The molecule has 4 rings (SSSR count). The molecule has 2 amide bonds. The Labute approximate surface area is 135 Å². The third-order valence-corrected chi connectivity index (χ3v) is 4.83. The molecular formula is C18H22N2O3. The molecule has 0 spiro atoms. The molecule has 0 atom stereocenters. The fraction of sp³-hybridized carbons (Fsp3) is 0.500. The highest BCUT2D eigenvalue weighted by Gasteiger charge is 2.20. The van der Waals surface area contributed by atoms with Gasteiger partial charge in [-0.1, -0.05) is 0 Å². The van der Waals surface area contributed by atoms with Gasteiger partial charge in [0.1, 0.15) is 11.3 Å². The lowest BCUT2D eigenvalue weighted by molar-refractivity contribution is 0.228. The van der Waals surface area contributed by atoms with E-state index in [1.807, 2.05) is 18.4 Å². The van der Waals surface area contributed by atoms with Crippen molar-refractivity contribution in [1.29, 1.82) is 0 Å². The first kappa shape index (κ1) is 14.4. The van der Waals surface area contributed by atoms with E-state index in [1.165, 1.54) is 17.4 Å². The number of benzene rings is 1. The molecule has 23 heavy (non-hydrogen) atoms. The van der Waals surface area contributed by atoms with Gasteiger partial charge in [0.05, 0.1) is 12.9 Å². The summed E-state index contributed by atoms with van der Waals surface area (Å²) < 4.78 is 11.4. The summed E-state index contributed by atoms with van der Waals surface area (Å²) >= 11 is 0. The molecule has 1 saturated carbocycles. The predicted octanol–water partition coefficient (Wildman–Crippen LogP) is 3.15. The number of furan rings is 1. The molecule has 2 aliphatic rings. The second kappa shape index (κ2) is 6.14. The molecule has 2 heterocycles. The van der Waals surface area contributed by atoms with Crippen LogP contribution in [0.1, 0.15) is 36.8 Å². The first-order chi connectivity index (χ1) is 11.3. The minimum Gasteiger partial charge on any atom is -0.493 e. The van der Waals surface area contributed by atoms with Crippen molar-refractivity contribution in [3.63, 3.8) is 0 Å². The van der Waals surface area contributed by atoms with Crippen LogP contribution < -0.4 is 15.4 Å². The zero-order valence-corrected chi connectivity index (χ0v) is 13.2. The van der Waals surface area contributed by atoms with Crippen LogP contribution in [0.25, 0.3) is 11.0 Å². The number of carbonyl (C=O) groups excluding carboxylic acids is 1. The molecule has 5 heteroatoms. The SMILES string of the molecule is O=C(NCCc1coc2ccc3c(c12)CCCO3)NC1CCC1. The average molecular weight is 314 g/mol. The summed E-state index contributed by atoms with van der Waals surface area (Å²) in [6.07, 6.45) is 8.07. The molecule has 5 nitrogen and oxygen atoms in total. The van der Waals surface area contributed by atoms with E-state index in [0.29, 0.717) is 12.6 Å². The summed E-state index contributed by atoms with van der Waals surface area (Å²) in [6.45, 7) is 1.40. The number of hydrogen-bond acceptors (Lipinski definition) is 3. The van der Waals surface area contributed by atoms with Crippen LogP contribution in [-0.2, 0) is 12.8 Å². The van der Waals surface area contributed by atoms with Gasteiger partial charge in [-0.3, -0.25) is 0 Å². The number of urea groups is 1. The van der Waals surface area contributed by atoms with Crippen molar-refractivity contribution in [1.82, 2.24) is 10.6 Å². The van der Waals surface area contributed by atoms with Gasteiger partial charge in [0.25, 0.3) is 0 Å². The number of amides is 2. The molecule has 1 aliphatic carbocycles. The zero-order valence-electron chi connectivity index (χ0n) is 13.2. The second-order valence-corrected chi connectivity index (χ2v) is 6.41. The van der Waals surface area contributed by atoms with Crippen LogP contribution in [0.3, 0.4) is 0 Å². The molecule has 1 aromatic heterocycles. The maximum atomic E-state index is 11.8. The number of carbonyl (C=O) groups is 1. The van der Waals surface area contributed by atoms with Crippen molar-refractivity contribution in [3.05, 3.63) is 29.5 Å². The molecule has 0 unspecified atom stereocenters. The van der Waals surface area contributed by atoms with Crippen LogP contribution in [0, 0.1) is 0 Å². The second-order valence-electron chi connectivity index (χ2n) is 6.41. The Balaban J connectivity index is 1.43. The van der Waals surface area contributed by atoms with E-state index in [0.717, 1.165) is 55.6 Å². The highest BCUT2D eigenvalue weighted by molar-refractivity contribution is 5.87. The third kappa shape index (κ3) is 2.87. The van der Waals surface area contributed by atoms with Gasteiger partial charge in [0, 0.05) is 29.1 Å². The van der Waals surface area contributed by atoms with Crippen molar-refractivity contribution in [2.45, 2.75) is 44.6 Å². The van der Waals surface area contributed by atoms with Gasteiger partial charge < -0.3 is 19.8 Å². The maximum Gasteiger partial charge on any atom is 0.315 e. The topological polar surface area (TPSA) is 63.5 Å². The Hall–Kier alpha value is -2.17. The van der Waals surface area contributed by atoms with Crippen molar-refractivity contribution in [2.75, 3.05) is 13.2 Å². The number of rotatable bonds is 4. The number of aryl methyl sites for hydroxylation is 1.